The average Bonchev–Trinajstić information content (AvgIpc) is 2.54. The first kappa shape index (κ1) is 15.1. The molecule has 0 spiro atoms. The van der Waals surface area contributed by atoms with Crippen LogP contribution >= 0.6 is 0 Å². The van der Waals surface area contributed by atoms with Gasteiger partial charge in [-0.3, -0.25) is 9.78 Å². The fourth-order valence-corrected chi connectivity index (χ4v) is 2.41. The number of alkyl halides is 3. The van der Waals surface area contributed by atoms with Gasteiger partial charge < -0.3 is 10.6 Å². The van der Waals surface area contributed by atoms with Crippen LogP contribution in [-0.2, 0) is 11.0 Å². The molecule has 1 aliphatic rings. The summed E-state index contributed by atoms with van der Waals surface area (Å²) < 4.78 is 39.5. The second-order valence-electron chi connectivity index (χ2n) is 4.96. The lowest BCUT2D eigenvalue weighted by Crippen LogP contribution is -2.41. The van der Waals surface area contributed by atoms with Crippen LogP contribution in [0.2, 0.25) is 0 Å². The second-order valence-corrected chi connectivity index (χ2v) is 4.96. The molecule has 2 N–H and O–H groups in total. The summed E-state index contributed by atoms with van der Waals surface area (Å²) in [7, 11) is 0. The fraction of sp³-hybridized carbons (Fsp3) is 0.125. The molecular weight excluding hydrogens is 307 g/mol. The van der Waals surface area contributed by atoms with Crippen molar-refractivity contribution in [3.8, 4) is 0 Å². The standard InChI is InChI=1S/C16H12F3N3O/c17-16(18,19)12-4-2-1-3-11(12)15-21-13(9-14(23)22-15)10-5-7-20-8-6-10/h1-9,15,21H,(H,22,23). The SMILES string of the molecule is O=C1C=C(c2ccncc2)NC(c2ccccc2C(F)(F)F)N1. The van der Waals surface area contributed by atoms with Crippen LogP contribution in [0.25, 0.3) is 5.70 Å². The number of carbonyl (C=O) groups excluding carboxylic acids is 1. The summed E-state index contributed by atoms with van der Waals surface area (Å²) >= 11 is 0. The van der Waals surface area contributed by atoms with Crippen molar-refractivity contribution in [2.45, 2.75) is 12.3 Å². The molecule has 2 aromatic rings. The molecule has 4 nitrogen and oxygen atoms in total. The molecule has 2 heterocycles. The van der Waals surface area contributed by atoms with E-state index in [0.717, 1.165) is 6.07 Å². The van der Waals surface area contributed by atoms with Gasteiger partial charge in [-0.15, -0.1) is 0 Å². The maximum atomic E-state index is 13.2. The molecule has 0 aliphatic carbocycles. The van der Waals surface area contributed by atoms with Crippen molar-refractivity contribution in [2.24, 2.45) is 0 Å². The zero-order valence-electron chi connectivity index (χ0n) is 11.8. The highest BCUT2D eigenvalue weighted by molar-refractivity contribution is 5.96. The Morgan fingerprint density at radius 1 is 1.00 bits per heavy atom. The molecule has 0 radical (unpaired) electrons. The Morgan fingerprint density at radius 2 is 1.70 bits per heavy atom. The minimum Gasteiger partial charge on any atom is -0.361 e. The Morgan fingerprint density at radius 3 is 2.39 bits per heavy atom. The second kappa shape index (κ2) is 5.75. The normalized spacial score (nSPS) is 18.0. The number of benzene rings is 1. The number of rotatable bonds is 2. The van der Waals surface area contributed by atoms with Crippen molar-refractivity contribution in [3.05, 3.63) is 71.6 Å². The summed E-state index contributed by atoms with van der Waals surface area (Å²) in [5.74, 6) is -0.461. The third-order valence-corrected chi connectivity index (χ3v) is 3.43. The first-order valence-electron chi connectivity index (χ1n) is 6.80. The fourth-order valence-electron chi connectivity index (χ4n) is 2.41. The van der Waals surface area contributed by atoms with Gasteiger partial charge in [0.2, 0.25) is 5.91 Å². The topological polar surface area (TPSA) is 54.0 Å². The molecule has 7 heteroatoms. The van der Waals surface area contributed by atoms with Crippen LogP contribution < -0.4 is 10.6 Å². The molecule has 0 saturated carbocycles. The number of pyridine rings is 1. The predicted molar refractivity (Wildman–Crippen MR) is 77.7 cm³/mol. The number of hydrogen-bond acceptors (Lipinski definition) is 3. The summed E-state index contributed by atoms with van der Waals surface area (Å²) in [6.07, 6.45) is -1.07. The minimum absolute atomic E-state index is 0.0343. The number of carbonyl (C=O) groups is 1. The van der Waals surface area contributed by atoms with E-state index in [-0.39, 0.29) is 5.56 Å². The van der Waals surface area contributed by atoms with E-state index in [1.54, 1.807) is 24.5 Å². The van der Waals surface area contributed by atoms with Crippen LogP contribution in [0.15, 0.2) is 54.9 Å². The van der Waals surface area contributed by atoms with E-state index in [9.17, 15) is 18.0 Å². The Bertz CT molecular complexity index is 757. The molecule has 1 aromatic heterocycles. The highest BCUT2D eigenvalue weighted by Crippen LogP contribution is 2.35. The number of halogens is 3. The van der Waals surface area contributed by atoms with E-state index in [4.69, 9.17) is 0 Å². The monoisotopic (exact) mass is 319 g/mol. The smallest absolute Gasteiger partial charge is 0.361 e. The van der Waals surface area contributed by atoms with Gasteiger partial charge in [-0.2, -0.15) is 13.2 Å². The molecule has 1 amide bonds. The lowest BCUT2D eigenvalue weighted by Gasteiger charge is -2.29. The lowest BCUT2D eigenvalue weighted by molar-refractivity contribution is -0.138. The van der Waals surface area contributed by atoms with E-state index in [1.807, 2.05) is 0 Å². The molecule has 1 unspecified atom stereocenters. The van der Waals surface area contributed by atoms with E-state index >= 15 is 0 Å². The molecule has 1 atom stereocenters. The molecular formula is C16H12F3N3O. The van der Waals surface area contributed by atoms with Gasteiger partial charge in [0.1, 0.15) is 6.17 Å². The largest absolute Gasteiger partial charge is 0.416 e. The molecule has 0 bridgehead atoms. The lowest BCUT2D eigenvalue weighted by atomic mass is 10.0. The quantitative estimate of drug-likeness (QED) is 0.895. The van der Waals surface area contributed by atoms with Gasteiger partial charge in [0.25, 0.3) is 0 Å². The van der Waals surface area contributed by atoms with E-state index < -0.39 is 23.8 Å². The van der Waals surface area contributed by atoms with Gasteiger partial charge in [0.05, 0.1) is 5.56 Å². The predicted octanol–water partition coefficient (Wildman–Crippen LogP) is 2.86. The van der Waals surface area contributed by atoms with Crippen LogP contribution in [0.5, 0.6) is 0 Å². The molecule has 1 aromatic carbocycles. The first-order valence-corrected chi connectivity index (χ1v) is 6.80. The van der Waals surface area contributed by atoms with Crippen LogP contribution in [0.4, 0.5) is 13.2 Å². The molecule has 0 fully saturated rings. The van der Waals surface area contributed by atoms with E-state index in [0.29, 0.717) is 11.3 Å². The Kier molecular flexibility index (Phi) is 3.77. The summed E-state index contributed by atoms with van der Waals surface area (Å²) in [6.45, 7) is 0. The molecule has 3 rings (SSSR count). The zero-order valence-corrected chi connectivity index (χ0v) is 11.8. The maximum Gasteiger partial charge on any atom is 0.416 e. The van der Waals surface area contributed by atoms with Gasteiger partial charge in [-0.1, -0.05) is 18.2 Å². The van der Waals surface area contributed by atoms with Crippen molar-refractivity contribution in [1.82, 2.24) is 15.6 Å². The number of aromatic nitrogens is 1. The van der Waals surface area contributed by atoms with Crippen molar-refractivity contribution in [1.29, 1.82) is 0 Å². The van der Waals surface area contributed by atoms with Gasteiger partial charge in [0, 0.05) is 35.3 Å². The summed E-state index contributed by atoms with van der Waals surface area (Å²) in [5.41, 5.74) is 0.296. The van der Waals surface area contributed by atoms with Gasteiger partial charge in [-0.05, 0) is 18.2 Å². The van der Waals surface area contributed by atoms with Crippen molar-refractivity contribution in [3.63, 3.8) is 0 Å². The third kappa shape index (κ3) is 3.18. The molecule has 118 valence electrons. The molecule has 23 heavy (non-hydrogen) atoms. The van der Waals surface area contributed by atoms with Crippen LogP contribution in [0, 0.1) is 0 Å². The highest BCUT2D eigenvalue weighted by atomic mass is 19.4. The average molecular weight is 319 g/mol. The number of amides is 1. The molecule has 1 aliphatic heterocycles. The van der Waals surface area contributed by atoms with E-state index in [2.05, 4.69) is 15.6 Å². The van der Waals surface area contributed by atoms with E-state index in [1.165, 1.54) is 24.3 Å². The number of nitrogens with one attached hydrogen (secondary N) is 2. The first-order chi connectivity index (χ1) is 10.9. The summed E-state index contributed by atoms with van der Waals surface area (Å²) in [6, 6.07) is 8.50. The van der Waals surface area contributed by atoms with Crippen molar-refractivity contribution in [2.75, 3.05) is 0 Å². The zero-order chi connectivity index (χ0) is 16.4. The Balaban J connectivity index is 1.98. The highest BCUT2D eigenvalue weighted by Gasteiger charge is 2.36. The van der Waals surface area contributed by atoms with Crippen molar-refractivity contribution >= 4 is 11.6 Å². The number of hydrogen-bond donors (Lipinski definition) is 2. The van der Waals surface area contributed by atoms with Gasteiger partial charge in [0.15, 0.2) is 0 Å². The Hall–Kier alpha value is -2.83. The van der Waals surface area contributed by atoms with Crippen LogP contribution in [0.3, 0.4) is 0 Å². The summed E-state index contributed by atoms with van der Waals surface area (Å²) in [5, 5.41) is 5.43. The third-order valence-electron chi connectivity index (χ3n) is 3.43. The Labute approximate surface area is 130 Å². The van der Waals surface area contributed by atoms with Gasteiger partial charge in [-0.25, -0.2) is 0 Å². The summed E-state index contributed by atoms with van der Waals surface area (Å²) in [4.78, 5) is 15.7. The maximum absolute atomic E-state index is 13.2. The van der Waals surface area contributed by atoms with Crippen LogP contribution in [-0.4, -0.2) is 10.9 Å². The number of nitrogens with zero attached hydrogens (tertiary/aromatic N) is 1. The molecule has 0 saturated heterocycles. The van der Waals surface area contributed by atoms with Gasteiger partial charge >= 0.3 is 6.18 Å². The minimum atomic E-state index is -4.50. The van der Waals surface area contributed by atoms with Crippen molar-refractivity contribution < 1.29 is 18.0 Å². The van der Waals surface area contributed by atoms with Crippen LogP contribution in [0.1, 0.15) is 22.9 Å².